The van der Waals surface area contributed by atoms with E-state index in [1.165, 1.54) is 11.6 Å². The lowest BCUT2D eigenvalue weighted by Gasteiger charge is -2.03. The number of carbonyl (C=O) groups is 2. The minimum absolute atomic E-state index is 0.167. The maximum atomic E-state index is 11.9. The normalized spacial score (nSPS) is 10.1. The van der Waals surface area contributed by atoms with Crippen LogP contribution >= 0.6 is 0 Å². The van der Waals surface area contributed by atoms with Crippen LogP contribution < -0.4 is 16.6 Å². The molecule has 0 aliphatic rings. The number of nitrogens with zero attached hydrogens (tertiary/aromatic N) is 2. The van der Waals surface area contributed by atoms with Crippen molar-refractivity contribution < 1.29 is 9.59 Å². The van der Waals surface area contributed by atoms with Gasteiger partial charge in [-0.05, 0) is 19.1 Å². The number of carbonyl (C=O) groups excluding carboxylic acids is 2. The summed E-state index contributed by atoms with van der Waals surface area (Å²) in [6.45, 7) is 2.99. The molecular weight excluding hydrogens is 258 g/mol. The van der Waals surface area contributed by atoms with Crippen molar-refractivity contribution in [1.82, 2.24) is 20.6 Å². The predicted molar refractivity (Wildman–Crippen MR) is 74.0 cm³/mol. The van der Waals surface area contributed by atoms with E-state index in [9.17, 15) is 9.59 Å². The lowest BCUT2D eigenvalue weighted by atomic mass is 10.2. The number of aromatic nitrogens is 2. The Labute approximate surface area is 115 Å². The highest BCUT2D eigenvalue weighted by Crippen LogP contribution is 2.19. The first-order valence-electron chi connectivity index (χ1n) is 5.98. The summed E-state index contributed by atoms with van der Waals surface area (Å²) < 4.78 is 1.48. The van der Waals surface area contributed by atoms with Gasteiger partial charge in [0.25, 0.3) is 5.91 Å². The van der Waals surface area contributed by atoms with E-state index in [0.29, 0.717) is 11.4 Å². The molecule has 0 unspecified atom stereocenters. The van der Waals surface area contributed by atoms with Crippen LogP contribution in [-0.4, -0.2) is 21.6 Å². The topological polar surface area (TPSA) is 102 Å². The molecule has 7 nitrogen and oxygen atoms in total. The van der Waals surface area contributed by atoms with Gasteiger partial charge in [0.1, 0.15) is 5.82 Å². The molecular formula is C13H15N5O2. The third-order valence-electron chi connectivity index (χ3n) is 2.74. The Kier molecular flexibility index (Phi) is 3.69. The summed E-state index contributed by atoms with van der Waals surface area (Å²) in [7, 11) is 0. The van der Waals surface area contributed by atoms with Gasteiger partial charge in [-0.25, -0.2) is 4.68 Å². The molecule has 0 radical (unpaired) electrons. The summed E-state index contributed by atoms with van der Waals surface area (Å²) in [4.78, 5) is 22.7. The van der Waals surface area contributed by atoms with Gasteiger partial charge in [-0.1, -0.05) is 18.2 Å². The number of nitrogens with one attached hydrogen (secondary N) is 2. The zero-order valence-electron chi connectivity index (χ0n) is 11.2. The Bertz CT molecular complexity index is 648. The highest BCUT2D eigenvalue weighted by atomic mass is 16.2. The molecule has 0 fully saturated rings. The monoisotopic (exact) mass is 273 g/mol. The first-order valence-corrected chi connectivity index (χ1v) is 5.98. The van der Waals surface area contributed by atoms with Crippen LogP contribution in [-0.2, 0) is 4.79 Å². The van der Waals surface area contributed by atoms with Gasteiger partial charge in [-0.3, -0.25) is 20.4 Å². The van der Waals surface area contributed by atoms with Crippen molar-refractivity contribution in [3.05, 3.63) is 41.6 Å². The smallest absolute Gasteiger partial charge is 0.290 e. The van der Waals surface area contributed by atoms with E-state index in [4.69, 9.17) is 5.73 Å². The molecule has 2 rings (SSSR count). The lowest BCUT2D eigenvalue weighted by Crippen LogP contribution is -2.40. The third kappa shape index (κ3) is 2.61. The molecule has 2 aromatic rings. The van der Waals surface area contributed by atoms with Crippen molar-refractivity contribution in [2.45, 2.75) is 13.8 Å². The average molecular weight is 273 g/mol. The van der Waals surface area contributed by atoms with Crippen molar-refractivity contribution >= 4 is 17.6 Å². The summed E-state index contributed by atoms with van der Waals surface area (Å²) in [6.07, 6.45) is 0. The Morgan fingerprint density at radius 1 is 1.20 bits per heavy atom. The Morgan fingerprint density at radius 2 is 1.85 bits per heavy atom. The molecule has 0 aliphatic heterocycles. The van der Waals surface area contributed by atoms with E-state index in [1.807, 2.05) is 30.3 Å². The molecule has 2 amide bonds. The SMILES string of the molecule is CC(=O)NNC(=O)c1nn(-c2ccccc2)c(N)c1C. The van der Waals surface area contributed by atoms with Gasteiger partial charge >= 0.3 is 0 Å². The van der Waals surface area contributed by atoms with E-state index < -0.39 is 5.91 Å². The molecule has 0 bridgehead atoms. The molecule has 1 heterocycles. The number of nitrogen functional groups attached to an aromatic ring is 1. The second-order valence-electron chi connectivity index (χ2n) is 4.24. The zero-order chi connectivity index (χ0) is 14.7. The van der Waals surface area contributed by atoms with Crippen molar-refractivity contribution in [3.63, 3.8) is 0 Å². The second kappa shape index (κ2) is 5.43. The molecule has 0 atom stereocenters. The summed E-state index contributed by atoms with van der Waals surface area (Å²) in [5.74, 6) is -0.505. The van der Waals surface area contributed by atoms with Crippen molar-refractivity contribution in [1.29, 1.82) is 0 Å². The number of para-hydroxylation sites is 1. The highest BCUT2D eigenvalue weighted by molar-refractivity contribution is 5.95. The van der Waals surface area contributed by atoms with E-state index in [1.54, 1.807) is 6.92 Å². The lowest BCUT2D eigenvalue weighted by molar-refractivity contribution is -0.119. The van der Waals surface area contributed by atoms with Gasteiger partial charge in [0, 0.05) is 12.5 Å². The number of rotatable bonds is 2. The summed E-state index contributed by atoms with van der Waals surface area (Å²) in [5, 5.41) is 4.19. The second-order valence-corrected chi connectivity index (χ2v) is 4.24. The van der Waals surface area contributed by atoms with Crippen LogP contribution in [0.3, 0.4) is 0 Å². The van der Waals surface area contributed by atoms with Crippen molar-refractivity contribution in [2.24, 2.45) is 0 Å². The zero-order valence-corrected chi connectivity index (χ0v) is 11.2. The van der Waals surface area contributed by atoms with Crippen LogP contribution in [0.5, 0.6) is 0 Å². The summed E-state index contributed by atoms with van der Waals surface area (Å²) in [6, 6.07) is 9.24. The minimum Gasteiger partial charge on any atom is -0.383 e. The Balaban J connectivity index is 2.33. The molecule has 1 aromatic heterocycles. The Hall–Kier alpha value is -2.83. The molecule has 1 aromatic carbocycles. The molecule has 0 spiro atoms. The van der Waals surface area contributed by atoms with Gasteiger partial charge in [0.2, 0.25) is 5.91 Å². The highest BCUT2D eigenvalue weighted by Gasteiger charge is 2.19. The predicted octanol–water partition coefficient (Wildman–Crippen LogP) is 0.544. The van der Waals surface area contributed by atoms with Crippen molar-refractivity contribution in [3.8, 4) is 5.69 Å². The molecule has 0 saturated carbocycles. The van der Waals surface area contributed by atoms with Gasteiger partial charge in [-0.15, -0.1) is 0 Å². The fraction of sp³-hybridized carbons (Fsp3) is 0.154. The van der Waals surface area contributed by atoms with E-state index >= 15 is 0 Å². The van der Waals surface area contributed by atoms with Crippen molar-refractivity contribution in [2.75, 3.05) is 5.73 Å². The van der Waals surface area contributed by atoms with Crippen LogP contribution in [0.4, 0.5) is 5.82 Å². The largest absolute Gasteiger partial charge is 0.383 e. The fourth-order valence-electron chi connectivity index (χ4n) is 1.69. The standard InChI is InChI=1S/C13H15N5O2/c1-8-11(13(20)16-15-9(2)19)17-18(12(8)14)10-6-4-3-5-7-10/h3-7H,14H2,1-2H3,(H,15,19)(H,16,20). The number of nitrogens with two attached hydrogens (primary N) is 1. The van der Waals surface area contributed by atoms with Crippen LogP contribution in [0.1, 0.15) is 23.0 Å². The first kappa shape index (κ1) is 13.6. The van der Waals surface area contributed by atoms with Gasteiger partial charge < -0.3 is 5.73 Å². The summed E-state index contributed by atoms with van der Waals surface area (Å²) in [5.41, 5.74) is 11.9. The number of hydrazine groups is 1. The van der Waals surface area contributed by atoms with Crippen LogP contribution in [0.25, 0.3) is 5.69 Å². The van der Waals surface area contributed by atoms with Gasteiger partial charge in [0.15, 0.2) is 5.69 Å². The van der Waals surface area contributed by atoms with Gasteiger partial charge in [-0.2, -0.15) is 5.10 Å². The number of hydrogen-bond donors (Lipinski definition) is 3. The molecule has 104 valence electrons. The quantitative estimate of drug-likeness (QED) is 0.695. The maximum absolute atomic E-state index is 11.9. The van der Waals surface area contributed by atoms with Crippen LogP contribution in [0, 0.1) is 6.92 Å². The molecule has 4 N–H and O–H groups in total. The summed E-state index contributed by atoms with van der Waals surface area (Å²) >= 11 is 0. The molecule has 0 aliphatic carbocycles. The fourth-order valence-corrected chi connectivity index (χ4v) is 1.69. The van der Waals surface area contributed by atoms with E-state index in [-0.39, 0.29) is 11.6 Å². The average Bonchev–Trinajstić information content (AvgIpc) is 2.74. The first-order chi connectivity index (χ1) is 9.50. The number of anilines is 1. The Morgan fingerprint density at radius 3 is 2.45 bits per heavy atom. The maximum Gasteiger partial charge on any atom is 0.290 e. The van der Waals surface area contributed by atoms with Gasteiger partial charge in [0.05, 0.1) is 5.69 Å². The van der Waals surface area contributed by atoms with Crippen LogP contribution in [0.2, 0.25) is 0 Å². The molecule has 0 saturated heterocycles. The third-order valence-corrected chi connectivity index (χ3v) is 2.74. The van der Waals surface area contributed by atoms with E-state index in [2.05, 4.69) is 16.0 Å². The number of benzene rings is 1. The minimum atomic E-state index is -0.515. The van der Waals surface area contributed by atoms with Crippen LogP contribution in [0.15, 0.2) is 30.3 Å². The molecule has 20 heavy (non-hydrogen) atoms. The van der Waals surface area contributed by atoms with E-state index in [0.717, 1.165) is 5.69 Å². The number of amides is 2. The number of hydrogen-bond acceptors (Lipinski definition) is 4. The molecule has 7 heteroatoms.